The lowest BCUT2D eigenvalue weighted by atomic mass is 10.1. The topological polar surface area (TPSA) is 3.24 Å². The number of rotatable bonds is 3. The van der Waals surface area contributed by atoms with Crippen LogP contribution >= 0.6 is 15.9 Å². The number of hydrogen-bond donors (Lipinski definition) is 0. The van der Waals surface area contributed by atoms with Crippen LogP contribution in [-0.2, 0) is 0 Å². The molecule has 13 heavy (non-hydrogen) atoms. The van der Waals surface area contributed by atoms with Gasteiger partial charge in [0.05, 0.1) is 0 Å². The minimum Gasteiger partial charge on any atom is -0.300 e. The second kappa shape index (κ2) is 6.39. The summed E-state index contributed by atoms with van der Waals surface area (Å²) in [4.78, 5) is 2.51. The summed E-state index contributed by atoms with van der Waals surface area (Å²) in [5.74, 6) is 0. The Morgan fingerprint density at radius 1 is 1.31 bits per heavy atom. The van der Waals surface area contributed by atoms with Crippen LogP contribution in [0.25, 0.3) is 0 Å². The quantitative estimate of drug-likeness (QED) is 0.688. The van der Waals surface area contributed by atoms with Crippen molar-refractivity contribution in [3.8, 4) is 0 Å². The van der Waals surface area contributed by atoms with Crippen molar-refractivity contribution in [3.63, 3.8) is 0 Å². The highest BCUT2D eigenvalue weighted by molar-refractivity contribution is 9.11. The van der Waals surface area contributed by atoms with Gasteiger partial charge in [-0.05, 0) is 32.9 Å². The highest BCUT2D eigenvalue weighted by Crippen LogP contribution is 2.09. The van der Waals surface area contributed by atoms with E-state index in [1.54, 1.807) is 0 Å². The summed E-state index contributed by atoms with van der Waals surface area (Å²) in [5.41, 5.74) is 0. The fourth-order valence-corrected chi connectivity index (χ4v) is 1.74. The third-order valence-electron chi connectivity index (χ3n) is 2.37. The van der Waals surface area contributed by atoms with Gasteiger partial charge >= 0.3 is 0 Å². The molecule has 0 saturated carbocycles. The second-order valence-corrected chi connectivity index (χ2v) is 4.35. The molecule has 1 nitrogen and oxygen atoms in total. The van der Waals surface area contributed by atoms with Crippen LogP contribution < -0.4 is 0 Å². The summed E-state index contributed by atoms with van der Waals surface area (Å²) in [6, 6.07) is 0. The standard InChI is InChI=1S/C11H18BrN/c1-2-11(12)7-6-10-13-8-4-3-5-9-13/h2,6-7H,3-5,8-10H2,1H3/b7-6+,11-2-. The zero-order chi connectivity index (χ0) is 9.52. The number of allylic oxidation sites excluding steroid dienone is 3. The Morgan fingerprint density at radius 3 is 2.62 bits per heavy atom. The second-order valence-electron chi connectivity index (χ2n) is 3.44. The van der Waals surface area contributed by atoms with Crippen LogP contribution in [0.5, 0.6) is 0 Å². The molecule has 0 spiro atoms. The maximum absolute atomic E-state index is 3.46. The van der Waals surface area contributed by atoms with Gasteiger partial charge in [0.1, 0.15) is 0 Å². The van der Waals surface area contributed by atoms with E-state index in [0.717, 1.165) is 6.54 Å². The van der Waals surface area contributed by atoms with Crippen molar-refractivity contribution >= 4 is 15.9 Å². The van der Waals surface area contributed by atoms with Crippen LogP contribution in [-0.4, -0.2) is 24.5 Å². The molecule has 0 bridgehead atoms. The fraction of sp³-hybridized carbons (Fsp3) is 0.636. The Morgan fingerprint density at radius 2 is 2.00 bits per heavy atom. The van der Waals surface area contributed by atoms with Crippen LogP contribution in [0.3, 0.4) is 0 Å². The minimum atomic E-state index is 1.10. The molecule has 1 fully saturated rings. The molecule has 0 N–H and O–H groups in total. The van der Waals surface area contributed by atoms with Crippen molar-refractivity contribution in [1.29, 1.82) is 0 Å². The predicted octanol–water partition coefficient (Wildman–Crippen LogP) is 3.33. The lowest BCUT2D eigenvalue weighted by Gasteiger charge is -2.24. The zero-order valence-corrected chi connectivity index (χ0v) is 9.89. The first-order valence-electron chi connectivity index (χ1n) is 5.03. The SMILES string of the molecule is C/C=C(Br)/C=C/CN1CCCCC1. The highest BCUT2D eigenvalue weighted by Gasteiger charge is 2.06. The molecule has 1 rings (SSSR count). The first-order chi connectivity index (χ1) is 6.33. The van der Waals surface area contributed by atoms with Crippen LogP contribution in [0.4, 0.5) is 0 Å². The lowest BCUT2D eigenvalue weighted by Crippen LogP contribution is -2.29. The van der Waals surface area contributed by atoms with Crippen molar-refractivity contribution in [2.75, 3.05) is 19.6 Å². The zero-order valence-electron chi connectivity index (χ0n) is 8.30. The molecule has 2 heteroatoms. The molecule has 74 valence electrons. The molecule has 1 saturated heterocycles. The Balaban J connectivity index is 2.20. The van der Waals surface area contributed by atoms with Crippen molar-refractivity contribution in [2.45, 2.75) is 26.2 Å². The van der Waals surface area contributed by atoms with Gasteiger partial charge in [-0.15, -0.1) is 0 Å². The molecular formula is C11H18BrN. The molecule has 0 aromatic rings. The summed E-state index contributed by atoms with van der Waals surface area (Å²) < 4.78 is 1.17. The van der Waals surface area contributed by atoms with E-state index in [0.29, 0.717) is 0 Å². The maximum Gasteiger partial charge on any atom is 0.0166 e. The van der Waals surface area contributed by atoms with Crippen molar-refractivity contribution in [2.24, 2.45) is 0 Å². The highest BCUT2D eigenvalue weighted by atomic mass is 79.9. The molecule has 1 aliphatic heterocycles. The summed E-state index contributed by atoms with van der Waals surface area (Å²) in [5, 5.41) is 0. The normalized spacial score (nSPS) is 21.2. The van der Waals surface area contributed by atoms with Gasteiger partial charge in [0, 0.05) is 11.0 Å². The number of piperidine rings is 1. The third-order valence-corrected chi connectivity index (χ3v) is 3.09. The molecule has 0 amide bonds. The minimum absolute atomic E-state index is 1.10. The van der Waals surface area contributed by atoms with Gasteiger partial charge < -0.3 is 0 Å². The lowest BCUT2D eigenvalue weighted by molar-refractivity contribution is 0.251. The van der Waals surface area contributed by atoms with Gasteiger partial charge in [-0.25, -0.2) is 0 Å². The van der Waals surface area contributed by atoms with Crippen LogP contribution in [0.1, 0.15) is 26.2 Å². The smallest absolute Gasteiger partial charge is 0.0166 e. The average Bonchev–Trinajstić information content (AvgIpc) is 2.19. The van der Waals surface area contributed by atoms with Crippen molar-refractivity contribution in [3.05, 3.63) is 22.7 Å². The molecule has 0 aromatic carbocycles. The number of likely N-dealkylation sites (tertiary alicyclic amines) is 1. The van der Waals surface area contributed by atoms with E-state index in [9.17, 15) is 0 Å². The van der Waals surface area contributed by atoms with Gasteiger partial charge in [0.2, 0.25) is 0 Å². The van der Waals surface area contributed by atoms with Gasteiger partial charge in [0.15, 0.2) is 0 Å². The number of halogens is 1. The van der Waals surface area contributed by atoms with Crippen LogP contribution in [0.2, 0.25) is 0 Å². The maximum atomic E-state index is 3.46. The molecule has 1 heterocycles. The Bertz CT molecular complexity index is 190. The number of hydrogen-bond acceptors (Lipinski definition) is 1. The van der Waals surface area contributed by atoms with Crippen molar-refractivity contribution < 1.29 is 0 Å². The molecule has 0 atom stereocenters. The summed E-state index contributed by atoms with van der Waals surface area (Å²) in [6.07, 6.45) is 10.6. The molecule has 1 aliphatic rings. The van der Waals surface area contributed by atoms with Crippen LogP contribution in [0, 0.1) is 0 Å². The van der Waals surface area contributed by atoms with Gasteiger partial charge in [-0.1, -0.05) is 40.6 Å². The van der Waals surface area contributed by atoms with Crippen molar-refractivity contribution in [1.82, 2.24) is 4.90 Å². The van der Waals surface area contributed by atoms with E-state index in [-0.39, 0.29) is 0 Å². The molecule has 0 aromatic heterocycles. The largest absolute Gasteiger partial charge is 0.300 e. The van der Waals surface area contributed by atoms with E-state index < -0.39 is 0 Å². The summed E-state index contributed by atoms with van der Waals surface area (Å²) >= 11 is 3.46. The van der Waals surface area contributed by atoms with E-state index in [4.69, 9.17) is 0 Å². The van der Waals surface area contributed by atoms with E-state index in [1.165, 1.54) is 36.8 Å². The van der Waals surface area contributed by atoms with Gasteiger partial charge in [-0.3, -0.25) is 4.90 Å². The first-order valence-corrected chi connectivity index (χ1v) is 5.83. The predicted molar refractivity (Wildman–Crippen MR) is 62.1 cm³/mol. The first kappa shape index (κ1) is 11.0. The molecule has 0 aliphatic carbocycles. The van der Waals surface area contributed by atoms with E-state index in [1.807, 2.05) is 6.92 Å². The van der Waals surface area contributed by atoms with Gasteiger partial charge in [0.25, 0.3) is 0 Å². The van der Waals surface area contributed by atoms with E-state index in [2.05, 4.69) is 39.1 Å². The average molecular weight is 244 g/mol. The monoisotopic (exact) mass is 243 g/mol. The van der Waals surface area contributed by atoms with Gasteiger partial charge in [-0.2, -0.15) is 0 Å². The Kier molecular flexibility index (Phi) is 5.40. The number of nitrogens with zero attached hydrogens (tertiary/aromatic N) is 1. The third kappa shape index (κ3) is 4.63. The van der Waals surface area contributed by atoms with E-state index >= 15 is 0 Å². The molecular weight excluding hydrogens is 226 g/mol. The van der Waals surface area contributed by atoms with Crippen LogP contribution in [0.15, 0.2) is 22.7 Å². The summed E-state index contributed by atoms with van der Waals surface area (Å²) in [7, 11) is 0. The molecule has 0 radical (unpaired) electrons. The summed E-state index contributed by atoms with van der Waals surface area (Å²) in [6.45, 7) is 5.69. The fourth-order valence-electron chi connectivity index (χ4n) is 1.55. The Labute approximate surface area is 89.6 Å². The molecule has 0 unspecified atom stereocenters. The Hall–Kier alpha value is -0.0800.